The fourth-order valence-electron chi connectivity index (χ4n) is 3.17. The number of fused-ring (bicyclic) bond motifs is 1. The fourth-order valence-corrected chi connectivity index (χ4v) is 3.17. The van der Waals surface area contributed by atoms with Crippen molar-refractivity contribution < 1.29 is 18.7 Å². The smallest absolute Gasteiger partial charge is 0.251 e. The quantitative estimate of drug-likeness (QED) is 0.705. The van der Waals surface area contributed by atoms with Crippen LogP contribution in [0.4, 0.5) is 10.1 Å². The molecular weight excluding hydrogens is 373 g/mol. The number of amides is 1. The number of anilines is 1. The largest absolute Gasteiger partial charge is 0.486 e. The summed E-state index contributed by atoms with van der Waals surface area (Å²) in [6.07, 6.45) is 1.54. The summed E-state index contributed by atoms with van der Waals surface area (Å²) in [6.45, 7) is 2.85. The molecule has 148 valence electrons. The molecule has 0 radical (unpaired) electrons. The van der Waals surface area contributed by atoms with Gasteiger partial charge in [0.1, 0.15) is 19.0 Å². The number of pyridine rings is 1. The standard InChI is InChI=1S/C22H20FN3O3/c1-13(14-2-3-20-21(11-14)29-7-6-28-20)26-22(27)16-8-15(9-17(23)10-16)19-12-18(24)4-5-25-19/h2-5,8-13H,6-7H2,1H3,(H2,24,25)(H,26,27). The topological polar surface area (TPSA) is 86.5 Å². The van der Waals surface area contributed by atoms with Gasteiger partial charge in [-0.1, -0.05) is 6.07 Å². The predicted molar refractivity (Wildman–Crippen MR) is 107 cm³/mol. The van der Waals surface area contributed by atoms with Crippen molar-refractivity contribution in [1.82, 2.24) is 10.3 Å². The van der Waals surface area contributed by atoms with Crippen LogP contribution in [0.5, 0.6) is 11.5 Å². The first-order valence-electron chi connectivity index (χ1n) is 9.22. The third-order valence-corrected chi connectivity index (χ3v) is 4.65. The maximum atomic E-state index is 14.2. The van der Waals surface area contributed by atoms with Crippen LogP contribution in [0.25, 0.3) is 11.3 Å². The van der Waals surface area contributed by atoms with Gasteiger partial charge in [0.2, 0.25) is 0 Å². The van der Waals surface area contributed by atoms with Crippen LogP contribution in [0.2, 0.25) is 0 Å². The first-order valence-corrected chi connectivity index (χ1v) is 9.22. The van der Waals surface area contributed by atoms with Crippen LogP contribution >= 0.6 is 0 Å². The van der Waals surface area contributed by atoms with Gasteiger partial charge in [-0.05, 0) is 55.0 Å². The minimum atomic E-state index is -0.524. The summed E-state index contributed by atoms with van der Waals surface area (Å²) in [5.41, 5.74) is 8.33. The summed E-state index contributed by atoms with van der Waals surface area (Å²) < 4.78 is 25.3. The number of benzene rings is 2. The summed E-state index contributed by atoms with van der Waals surface area (Å²) in [6, 6.07) is 12.6. The van der Waals surface area contributed by atoms with Crippen molar-refractivity contribution in [2.45, 2.75) is 13.0 Å². The van der Waals surface area contributed by atoms with Crippen LogP contribution in [0, 0.1) is 5.82 Å². The van der Waals surface area contributed by atoms with E-state index in [-0.39, 0.29) is 11.6 Å². The van der Waals surface area contributed by atoms with E-state index >= 15 is 0 Å². The van der Waals surface area contributed by atoms with Gasteiger partial charge >= 0.3 is 0 Å². The molecule has 4 rings (SSSR count). The van der Waals surface area contributed by atoms with Crippen LogP contribution in [0.15, 0.2) is 54.7 Å². The van der Waals surface area contributed by atoms with E-state index in [2.05, 4.69) is 10.3 Å². The van der Waals surface area contributed by atoms with Gasteiger partial charge in [-0.2, -0.15) is 0 Å². The van der Waals surface area contributed by atoms with Crippen LogP contribution in [0.1, 0.15) is 28.9 Å². The number of hydrogen-bond acceptors (Lipinski definition) is 5. The second-order valence-electron chi connectivity index (χ2n) is 6.80. The van der Waals surface area contributed by atoms with E-state index in [1.165, 1.54) is 12.1 Å². The van der Waals surface area contributed by atoms with Gasteiger partial charge in [0, 0.05) is 23.0 Å². The SMILES string of the molecule is CC(NC(=O)c1cc(F)cc(-c2cc(N)ccn2)c1)c1ccc2c(c1)OCCO2. The van der Waals surface area contributed by atoms with Crippen molar-refractivity contribution in [2.24, 2.45) is 0 Å². The molecule has 3 aromatic rings. The van der Waals surface area contributed by atoms with Gasteiger partial charge in [-0.3, -0.25) is 9.78 Å². The molecule has 0 bridgehead atoms. The number of hydrogen-bond donors (Lipinski definition) is 2. The van der Waals surface area contributed by atoms with Gasteiger partial charge in [-0.25, -0.2) is 4.39 Å². The molecule has 0 saturated heterocycles. The van der Waals surface area contributed by atoms with Crippen molar-refractivity contribution in [2.75, 3.05) is 18.9 Å². The van der Waals surface area contributed by atoms with Crippen molar-refractivity contribution in [3.63, 3.8) is 0 Å². The molecule has 1 amide bonds. The summed E-state index contributed by atoms with van der Waals surface area (Å²) in [7, 11) is 0. The molecule has 7 heteroatoms. The fraction of sp³-hybridized carbons (Fsp3) is 0.182. The number of halogens is 1. The Labute approximate surface area is 167 Å². The Morgan fingerprint density at radius 2 is 1.90 bits per heavy atom. The number of nitrogens with two attached hydrogens (primary N) is 1. The Morgan fingerprint density at radius 3 is 2.69 bits per heavy atom. The molecule has 2 heterocycles. The Balaban J connectivity index is 1.55. The van der Waals surface area contributed by atoms with Gasteiger partial charge < -0.3 is 20.5 Å². The molecule has 0 spiro atoms. The summed E-state index contributed by atoms with van der Waals surface area (Å²) in [5, 5.41) is 2.89. The molecule has 1 aliphatic heterocycles. The average Bonchev–Trinajstić information content (AvgIpc) is 2.73. The number of nitrogen functional groups attached to an aromatic ring is 1. The lowest BCUT2D eigenvalue weighted by atomic mass is 10.0. The molecule has 1 unspecified atom stereocenters. The summed E-state index contributed by atoms with van der Waals surface area (Å²) in [5.74, 6) is 0.416. The van der Waals surface area contributed by atoms with E-state index in [0.29, 0.717) is 41.7 Å². The van der Waals surface area contributed by atoms with E-state index < -0.39 is 11.7 Å². The second kappa shape index (κ2) is 7.79. The molecule has 0 fully saturated rings. The molecule has 29 heavy (non-hydrogen) atoms. The Hall–Kier alpha value is -3.61. The maximum absolute atomic E-state index is 14.2. The number of rotatable bonds is 4. The number of nitrogens with zero attached hydrogens (tertiary/aromatic N) is 1. The zero-order valence-corrected chi connectivity index (χ0v) is 15.8. The lowest BCUT2D eigenvalue weighted by Crippen LogP contribution is -2.27. The van der Waals surface area contributed by atoms with Crippen LogP contribution in [0.3, 0.4) is 0 Å². The molecule has 3 N–H and O–H groups in total. The third kappa shape index (κ3) is 4.13. The van der Waals surface area contributed by atoms with Gasteiger partial charge in [-0.15, -0.1) is 0 Å². The lowest BCUT2D eigenvalue weighted by Gasteiger charge is -2.21. The minimum absolute atomic E-state index is 0.202. The van der Waals surface area contributed by atoms with Crippen molar-refractivity contribution in [3.05, 3.63) is 71.7 Å². The Bertz CT molecular complexity index is 1070. The molecule has 1 aromatic heterocycles. The number of carbonyl (C=O) groups excluding carboxylic acids is 1. The number of ether oxygens (including phenoxy) is 2. The average molecular weight is 393 g/mol. The molecule has 2 aromatic carbocycles. The molecule has 6 nitrogen and oxygen atoms in total. The zero-order valence-electron chi connectivity index (χ0n) is 15.8. The van der Waals surface area contributed by atoms with E-state index in [9.17, 15) is 9.18 Å². The highest BCUT2D eigenvalue weighted by molar-refractivity contribution is 5.95. The van der Waals surface area contributed by atoms with E-state index in [0.717, 1.165) is 5.56 Å². The van der Waals surface area contributed by atoms with E-state index in [4.69, 9.17) is 15.2 Å². The highest BCUT2D eigenvalue weighted by atomic mass is 19.1. The maximum Gasteiger partial charge on any atom is 0.251 e. The van der Waals surface area contributed by atoms with E-state index in [1.807, 2.05) is 25.1 Å². The highest BCUT2D eigenvalue weighted by Crippen LogP contribution is 2.32. The Kier molecular flexibility index (Phi) is 5.03. The van der Waals surface area contributed by atoms with Crippen LogP contribution in [-0.2, 0) is 0 Å². The van der Waals surface area contributed by atoms with Gasteiger partial charge in [0.05, 0.1) is 11.7 Å². The second-order valence-corrected chi connectivity index (χ2v) is 6.80. The van der Waals surface area contributed by atoms with Crippen molar-refractivity contribution in [3.8, 4) is 22.8 Å². The Morgan fingerprint density at radius 1 is 1.10 bits per heavy atom. The first kappa shape index (κ1) is 18.7. The third-order valence-electron chi connectivity index (χ3n) is 4.65. The van der Waals surface area contributed by atoms with Crippen molar-refractivity contribution >= 4 is 11.6 Å². The summed E-state index contributed by atoms with van der Waals surface area (Å²) in [4.78, 5) is 16.9. The van der Waals surface area contributed by atoms with E-state index in [1.54, 1.807) is 24.4 Å². The first-order chi connectivity index (χ1) is 14.0. The highest BCUT2D eigenvalue weighted by Gasteiger charge is 2.17. The van der Waals surface area contributed by atoms with Gasteiger partial charge in [0.25, 0.3) is 5.91 Å². The van der Waals surface area contributed by atoms with Crippen LogP contribution in [-0.4, -0.2) is 24.1 Å². The predicted octanol–water partition coefficient (Wildman–Crippen LogP) is 3.73. The molecule has 0 saturated carbocycles. The molecule has 0 aliphatic carbocycles. The molecule has 1 atom stereocenters. The lowest BCUT2D eigenvalue weighted by molar-refractivity contribution is 0.0939. The van der Waals surface area contributed by atoms with Gasteiger partial charge in [0.15, 0.2) is 11.5 Å². The minimum Gasteiger partial charge on any atom is -0.486 e. The summed E-state index contributed by atoms with van der Waals surface area (Å²) >= 11 is 0. The number of carbonyl (C=O) groups is 1. The molecular formula is C22H20FN3O3. The normalized spacial score (nSPS) is 13.6. The molecule has 1 aliphatic rings. The monoisotopic (exact) mass is 393 g/mol. The number of aromatic nitrogens is 1. The number of nitrogens with one attached hydrogen (secondary N) is 1. The van der Waals surface area contributed by atoms with Crippen molar-refractivity contribution in [1.29, 1.82) is 0 Å². The van der Waals surface area contributed by atoms with Crippen LogP contribution < -0.4 is 20.5 Å². The zero-order chi connectivity index (χ0) is 20.4.